The number of nitriles is 1. The number of allylic oxidation sites excluding steroid dienone is 5. The molecule has 0 N–H and O–H groups in total. The van der Waals surface area contributed by atoms with E-state index in [1.54, 1.807) is 0 Å². The van der Waals surface area contributed by atoms with Crippen LogP contribution in [0.25, 0.3) is 82.8 Å². The predicted molar refractivity (Wildman–Crippen MR) is 316 cm³/mol. The van der Waals surface area contributed by atoms with Crippen molar-refractivity contribution < 1.29 is 4.74 Å². The van der Waals surface area contributed by atoms with Crippen molar-refractivity contribution in [3.8, 4) is 51.2 Å². The Balaban J connectivity index is 0.857. The van der Waals surface area contributed by atoms with Gasteiger partial charge in [-0.3, -0.25) is 4.98 Å². The molecule has 0 saturated heterocycles. The second kappa shape index (κ2) is 18.3. The third-order valence-electron chi connectivity index (χ3n) is 16.3. The number of ether oxygens (including phenoxy) is 1. The van der Waals surface area contributed by atoms with Gasteiger partial charge in [-0.15, -0.1) is 0 Å². The molecule has 0 radical (unpaired) electrons. The predicted octanol–water partition coefficient (Wildman–Crippen LogP) is 17.9. The van der Waals surface area contributed by atoms with Crippen molar-refractivity contribution in [2.45, 2.75) is 38.5 Å². The lowest BCUT2D eigenvalue weighted by molar-refractivity contribution is 0.435. The van der Waals surface area contributed by atoms with Crippen LogP contribution < -0.4 is 4.74 Å². The Morgan fingerprint density at radius 2 is 1.25 bits per heavy atom. The van der Waals surface area contributed by atoms with Crippen LogP contribution in [0, 0.1) is 18.3 Å². The second-order valence-corrected chi connectivity index (χ2v) is 20.6. The number of benzene rings is 9. The number of para-hydroxylation sites is 3. The summed E-state index contributed by atoms with van der Waals surface area (Å²) in [6.45, 7) is 8.51. The molecule has 0 saturated carbocycles. The van der Waals surface area contributed by atoms with Crippen LogP contribution in [0.1, 0.15) is 58.0 Å². The topological polar surface area (TPSA) is 55.8 Å². The van der Waals surface area contributed by atoms with Crippen molar-refractivity contribution in [1.82, 2.24) is 14.1 Å². The molecule has 1 aliphatic heterocycles. The third kappa shape index (κ3) is 7.17. The maximum atomic E-state index is 9.91. The largest absolute Gasteiger partial charge is 0.457 e. The highest BCUT2D eigenvalue weighted by Crippen LogP contribution is 2.62. The molecule has 1 aliphatic carbocycles. The van der Waals surface area contributed by atoms with Crippen molar-refractivity contribution in [3.05, 3.63) is 287 Å². The van der Waals surface area contributed by atoms with Gasteiger partial charge in [-0.25, -0.2) is 0 Å². The number of aryl methyl sites for hydroxylation is 3. The molecule has 2 aliphatic rings. The summed E-state index contributed by atoms with van der Waals surface area (Å²) < 4.78 is 11.9. The van der Waals surface area contributed by atoms with Gasteiger partial charge in [0.25, 0.3) is 0 Å². The number of pyridine rings is 1. The molecule has 4 heterocycles. The van der Waals surface area contributed by atoms with Gasteiger partial charge >= 0.3 is 0 Å². The molecule has 0 amide bonds. The van der Waals surface area contributed by atoms with E-state index in [1.807, 2.05) is 30.5 Å². The Hall–Kier alpha value is -9.76. The Morgan fingerprint density at radius 1 is 0.558 bits per heavy atom. The molecule has 0 fully saturated rings. The van der Waals surface area contributed by atoms with Crippen LogP contribution in [0.15, 0.2) is 243 Å². The van der Waals surface area contributed by atoms with Gasteiger partial charge in [-0.1, -0.05) is 146 Å². The highest BCUT2D eigenvalue weighted by Gasteiger charge is 2.52. The van der Waals surface area contributed by atoms with Gasteiger partial charge in [0.2, 0.25) is 0 Å². The Labute approximate surface area is 448 Å². The number of hydrogen-bond donors (Lipinski definition) is 0. The summed E-state index contributed by atoms with van der Waals surface area (Å²) in [6.07, 6.45) is 10.9. The molecular weight excluding hydrogens is 937 g/mol. The zero-order valence-electron chi connectivity index (χ0n) is 43.0. The van der Waals surface area contributed by atoms with E-state index >= 15 is 0 Å². The van der Waals surface area contributed by atoms with E-state index in [2.05, 4.69) is 236 Å². The maximum Gasteiger partial charge on any atom is 0.132 e. The molecule has 1 atom stereocenters. The van der Waals surface area contributed by atoms with E-state index in [0.717, 1.165) is 103 Å². The molecule has 14 rings (SSSR count). The molecular formula is C72H52N4O. The minimum atomic E-state index is -0.767. The van der Waals surface area contributed by atoms with Crippen LogP contribution >= 0.6 is 0 Å². The zero-order valence-corrected chi connectivity index (χ0v) is 43.0. The van der Waals surface area contributed by atoms with Crippen molar-refractivity contribution in [3.63, 3.8) is 0 Å². The van der Waals surface area contributed by atoms with Crippen molar-refractivity contribution in [1.29, 1.82) is 5.26 Å². The third-order valence-corrected chi connectivity index (χ3v) is 16.3. The Morgan fingerprint density at radius 3 is 2.00 bits per heavy atom. The normalized spacial score (nSPS) is 14.6. The molecule has 1 spiro atoms. The molecule has 5 nitrogen and oxygen atoms in total. The van der Waals surface area contributed by atoms with Crippen LogP contribution in [0.2, 0.25) is 0 Å². The van der Waals surface area contributed by atoms with Crippen LogP contribution in [0.3, 0.4) is 0 Å². The van der Waals surface area contributed by atoms with Crippen LogP contribution in [-0.2, 0) is 18.3 Å². The first-order chi connectivity index (χ1) is 37.9. The quantitative estimate of drug-likeness (QED) is 0.128. The number of hydrogen-bond acceptors (Lipinski definition) is 3. The van der Waals surface area contributed by atoms with Crippen LogP contribution in [-0.4, -0.2) is 14.1 Å². The van der Waals surface area contributed by atoms with Gasteiger partial charge < -0.3 is 13.9 Å². The smallest absolute Gasteiger partial charge is 0.132 e. The first kappa shape index (κ1) is 45.8. The highest BCUT2D eigenvalue weighted by atomic mass is 16.5. The molecule has 12 aromatic rings. The molecule has 1 unspecified atom stereocenters. The van der Waals surface area contributed by atoms with Gasteiger partial charge in [0.1, 0.15) is 11.5 Å². The minimum Gasteiger partial charge on any atom is -0.457 e. The van der Waals surface area contributed by atoms with Gasteiger partial charge in [0.05, 0.1) is 44.8 Å². The summed E-state index contributed by atoms with van der Waals surface area (Å²) >= 11 is 0. The van der Waals surface area contributed by atoms with Crippen molar-refractivity contribution in [2.24, 2.45) is 0 Å². The van der Waals surface area contributed by atoms with E-state index in [-0.39, 0.29) is 0 Å². The molecule has 3 aromatic heterocycles. The summed E-state index contributed by atoms with van der Waals surface area (Å²) in [5.74, 6) is 1.60. The maximum absolute atomic E-state index is 9.91. The number of aromatic nitrogens is 3. The van der Waals surface area contributed by atoms with Crippen LogP contribution in [0.4, 0.5) is 0 Å². The second-order valence-electron chi connectivity index (χ2n) is 20.6. The lowest BCUT2D eigenvalue weighted by Gasteiger charge is -2.40. The van der Waals surface area contributed by atoms with E-state index in [0.29, 0.717) is 5.56 Å². The van der Waals surface area contributed by atoms with Gasteiger partial charge in [0, 0.05) is 50.2 Å². The summed E-state index contributed by atoms with van der Waals surface area (Å²) in [4.78, 5) is 5.06. The van der Waals surface area contributed by atoms with E-state index in [9.17, 15) is 5.26 Å². The lowest BCUT2D eigenvalue weighted by Crippen LogP contribution is -2.33. The average molecular weight is 989 g/mol. The monoisotopic (exact) mass is 988 g/mol. The lowest BCUT2D eigenvalue weighted by atomic mass is 9.65. The Kier molecular flexibility index (Phi) is 10.9. The number of rotatable bonds is 10. The highest BCUT2D eigenvalue weighted by molar-refractivity contribution is 6.10. The first-order valence-electron chi connectivity index (χ1n) is 26.6. The molecule has 0 bridgehead atoms. The fraction of sp³-hybridized carbons (Fsp3) is 0.0833. The summed E-state index contributed by atoms with van der Waals surface area (Å²) in [5, 5.41) is 14.6. The summed E-state index contributed by atoms with van der Waals surface area (Å²) in [7, 11) is 0. The summed E-state index contributed by atoms with van der Waals surface area (Å²) in [5.41, 5.74) is 21.7. The molecule has 5 heteroatoms. The molecule has 9 aromatic carbocycles. The van der Waals surface area contributed by atoms with Crippen molar-refractivity contribution >= 4 is 49.2 Å². The summed E-state index contributed by atoms with van der Waals surface area (Å²) in [6, 6.07) is 76.8. The fourth-order valence-corrected chi connectivity index (χ4v) is 12.9. The van der Waals surface area contributed by atoms with Gasteiger partial charge in [-0.2, -0.15) is 5.26 Å². The van der Waals surface area contributed by atoms with E-state index < -0.39 is 5.41 Å². The SMILES string of the molecule is C=C/C=C\C1=C(C)c2ncccc2C12c1ccc(-c3ccc(CCCc4cccc(-n5c6ccccc6c6ccccc65)c4)c(-c4ccccc4C)c3)cc1Oc1ccc(-n3c4ccccc4c4cc(C#N)ccc43)cc12. The van der Waals surface area contributed by atoms with Crippen LogP contribution in [0.5, 0.6) is 11.5 Å². The Bertz CT molecular complexity index is 4480. The van der Waals surface area contributed by atoms with Crippen molar-refractivity contribution in [2.75, 3.05) is 0 Å². The average Bonchev–Trinajstić information content (AvgIpc) is 4.32. The van der Waals surface area contributed by atoms with E-state index in [4.69, 9.17) is 9.72 Å². The van der Waals surface area contributed by atoms with Gasteiger partial charge in [0.15, 0.2) is 0 Å². The van der Waals surface area contributed by atoms with Gasteiger partial charge in [-0.05, 0) is 174 Å². The molecule has 77 heavy (non-hydrogen) atoms. The fourth-order valence-electron chi connectivity index (χ4n) is 12.9. The zero-order chi connectivity index (χ0) is 51.8. The van der Waals surface area contributed by atoms with E-state index in [1.165, 1.54) is 55.3 Å². The number of fused-ring (bicyclic) bond motifs is 12. The minimum absolute atomic E-state index is 0.635. The molecule has 366 valence electrons. The number of nitrogens with zero attached hydrogens (tertiary/aromatic N) is 4. The first-order valence-corrected chi connectivity index (χ1v) is 26.6. The standard InChI is InChI=1S/C72H52N4O/c1-4-5-26-61-47(3)71-63(27-16-39-74-71)72(61)62-36-34-52(43-70(62)77-69-38-35-54(44-64(69)72)76-67-30-13-10-25-58(67)60-41-49(45-73)31-37-68(60)76)51-33-32-50(59(42-51)55-22-7-6-17-46(55)2)20-14-18-48-19-15-21-53(40-48)75-65-28-11-8-23-56(65)57-24-9-12-29-66(57)75/h4-13,15-17,19,21-44H,1,14,18,20H2,2-3H3/b26-5-.